The summed E-state index contributed by atoms with van der Waals surface area (Å²) >= 11 is 0. The topological polar surface area (TPSA) is 58.6 Å². The van der Waals surface area contributed by atoms with Crippen molar-refractivity contribution in [1.82, 2.24) is 0 Å². The second kappa shape index (κ2) is 7.68. The van der Waals surface area contributed by atoms with Crippen molar-refractivity contribution in [3.05, 3.63) is 59.7 Å². The van der Waals surface area contributed by atoms with Crippen molar-refractivity contribution in [2.24, 2.45) is 0 Å². The third-order valence-corrected chi connectivity index (χ3v) is 5.95. The lowest BCUT2D eigenvalue weighted by Crippen LogP contribution is -2.49. The fourth-order valence-electron chi connectivity index (χ4n) is 3.41. The van der Waals surface area contributed by atoms with E-state index in [9.17, 15) is 8.42 Å². The van der Waals surface area contributed by atoms with E-state index in [4.69, 9.17) is 4.74 Å². The lowest BCUT2D eigenvalue weighted by Gasteiger charge is -2.40. The molecule has 0 amide bonds. The average molecular weight is 375 g/mol. The van der Waals surface area contributed by atoms with Gasteiger partial charge in [-0.25, -0.2) is 8.42 Å². The van der Waals surface area contributed by atoms with Gasteiger partial charge in [-0.15, -0.1) is 0 Å². The smallest absolute Gasteiger partial charge is 0.236 e. The number of rotatable bonds is 5. The second-order valence-electron chi connectivity index (χ2n) is 6.98. The van der Waals surface area contributed by atoms with Crippen LogP contribution in [0.2, 0.25) is 0 Å². The molecular weight excluding hydrogens is 348 g/mol. The Labute approximate surface area is 156 Å². The molecule has 5 nitrogen and oxygen atoms in total. The van der Waals surface area contributed by atoms with Gasteiger partial charge >= 0.3 is 0 Å². The number of sulfonamides is 1. The molecule has 0 aromatic heterocycles. The minimum absolute atomic E-state index is 0.0288. The Hall–Kier alpha value is -2.05. The molecule has 0 aliphatic carbocycles. The maximum absolute atomic E-state index is 12.5. The predicted octanol–water partition coefficient (Wildman–Crippen LogP) is 3.55. The normalized spacial score (nSPS) is 20.8. The van der Waals surface area contributed by atoms with Crippen LogP contribution in [0, 0.1) is 6.92 Å². The van der Waals surface area contributed by atoms with Gasteiger partial charge in [0.25, 0.3) is 0 Å². The Morgan fingerprint density at radius 2 is 1.65 bits per heavy atom. The van der Waals surface area contributed by atoms with E-state index in [1.807, 2.05) is 55.5 Å². The minimum atomic E-state index is -3.45. The molecule has 1 fully saturated rings. The highest BCUT2D eigenvalue weighted by molar-refractivity contribution is 7.91. The summed E-state index contributed by atoms with van der Waals surface area (Å²) in [7, 11) is -3.45. The van der Waals surface area contributed by atoms with E-state index in [2.05, 4.69) is 23.5 Å². The zero-order valence-electron chi connectivity index (χ0n) is 15.5. The standard InChI is InChI=1S/C20H26N2O3S/c1-15-6-4-5-7-18(15)14-26(23,24)21-19-8-10-20(11-9-19)22-16(2)12-25-13-17(22)3/h4-11,16-17,21H,12-14H2,1-3H3. The van der Waals surface area contributed by atoms with Crippen LogP contribution in [0.25, 0.3) is 0 Å². The Morgan fingerprint density at radius 3 is 2.27 bits per heavy atom. The van der Waals surface area contributed by atoms with Crippen LogP contribution >= 0.6 is 0 Å². The van der Waals surface area contributed by atoms with Crippen LogP contribution in [0.4, 0.5) is 11.4 Å². The lowest BCUT2D eigenvalue weighted by molar-refractivity contribution is 0.0757. The monoisotopic (exact) mass is 374 g/mol. The number of hydrogen-bond donors (Lipinski definition) is 1. The van der Waals surface area contributed by atoms with E-state index in [0.717, 1.165) is 16.8 Å². The van der Waals surface area contributed by atoms with Crippen molar-refractivity contribution in [1.29, 1.82) is 0 Å². The minimum Gasteiger partial charge on any atom is -0.377 e. The molecule has 1 heterocycles. The fourth-order valence-corrected chi connectivity index (χ4v) is 4.71. The van der Waals surface area contributed by atoms with Crippen molar-refractivity contribution < 1.29 is 13.2 Å². The zero-order valence-corrected chi connectivity index (χ0v) is 16.3. The van der Waals surface area contributed by atoms with Crippen LogP contribution < -0.4 is 9.62 Å². The van der Waals surface area contributed by atoms with Gasteiger partial charge in [-0.1, -0.05) is 24.3 Å². The first-order valence-corrected chi connectivity index (χ1v) is 10.5. The van der Waals surface area contributed by atoms with Crippen molar-refractivity contribution >= 4 is 21.4 Å². The molecule has 2 atom stereocenters. The Morgan fingerprint density at radius 1 is 1.04 bits per heavy atom. The van der Waals surface area contributed by atoms with E-state index >= 15 is 0 Å². The number of nitrogens with zero attached hydrogens (tertiary/aromatic N) is 1. The van der Waals surface area contributed by atoms with Gasteiger partial charge in [0.2, 0.25) is 10.0 Å². The molecule has 1 aliphatic heterocycles. The van der Waals surface area contributed by atoms with Crippen molar-refractivity contribution in [2.75, 3.05) is 22.8 Å². The quantitative estimate of drug-likeness (QED) is 0.869. The summed E-state index contributed by atoms with van der Waals surface area (Å²) in [4.78, 5) is 2.31. The van der Waals surface area contributed by atoms with Crippen molar-refractivity contribution in [3.8, 4) is 0 Å². The van der Waals surface area contributed by atoms with Crippen LogP contribution in [-0.4, -0.2) is 33.7 Å². The van der Waals surface area contributed by atoms with Gasteiger partial charge in [0.15, 0.2) is 0 Å². The van der Waals surface area contributed by atoms with E-state index < -0.39 is 10.0 Å². The summed E-state index contributed by atoms with van der Waals surface area (Å²) in [5.74, 6) is -0.0288. The summed E-state index contributed by atoms with van der Waals surface area (Å²) in [5, 5.41) is 0. The molecule has 2 aromatic carbocycles. The van der Waals surface area contributed by atoms with E-state index in [-0.39, 0.29) is 5.75 Å². The molecule has 0 saturated carbocycles. The van der Waals surface area contributed by atoms with Crippen LogP contribution in [-0.2, 0) is 20.5 Å². The largest absolute Gasteiger partial charge is 0.377 e. The van der Waals surface area contributed by atoms with Crippen LogP contribution in [0.15, 0.2) is 48.5 Å². The Balaban J connectivity index is 1.71. The van der Waals surface area contributed by atoms with Gasteiger partial charge in [-0.2, -0.15) is 0 Å². The first-order chi connectivity index (χ1) is 12.4. The summed E-state index contributed by atoms with van der Waals surface area (Å²) < 4.78 is 33.2. The van der Waals surface area contributed by atoms with Gasteiger partial charge in [-0.05, 0) is 56.2 Å². The van der Waals surface area contributed by atoms with E-state index in [1.54, 1.807) is 0 Å². The first-order valence-electron chi connectivity index (χ1n) is 8.87. The Bertz CT molecular complexity index is 840. The van der Waals surface area contributed by atoms with Crippen molar-refractivity contribution in [3.63, 3.8) is 0 Å². The summed E-state index contributed by atoms with van der Waals surface area (Å²) in [5.41, 5.74) is 3.45. The highest BCUT2D eigenvalue weighted by Crippen LogP contribution is 2.25. The summed E-state index contributed by atoms with van der Waals surface area (Å²) in [6.07, 6.45) is 0. The van der Waals surface area contributed by atoms with E-state index in [0.29, 0.717) is 31.0 Å². The molecule has 3 rings (SSSR count). The molecule has 1 N–H and O–H groups in total. The van der Waals surface area contributed by atoms with E-state index in [1.165, 1.54) is 0 Å². The maximum atomic E-state index is 12.5. The van der Waals surface area contributed by atoms with Crippen LogP contribution in [0.1, 0.15) is 25.0 Å². The molecule has 0 bridgehead atoms. The number of morpholine rings is 1. The highest BCUT2D eigenvalue weighted by Gasteiger charge is 2.25. The van der Waals surface area contributed by atoms with Gasteiger partial charge in [0.1, 0.15) is 0 Å². The van der Waals surface area contributed by atoms with Crippen LogP contribution in [0.5, 0.6) is 0 Å². The first kappa shape index (κ1) is 18.7. The SMILES string of the molecule is Cc1ccccc1CS(=O)(=O)Nc1ccc(N2C(C)COCC2C)cc1. The number of anilines is 2. The molecule has 140 valence electrons. The summed E-state index contributed by atoms with van der Waals surface area (Å²) in [6, 6.07) is 15.7. The highest BCUT2D eigenvalue weighted by atomic mass is 32.2. The third kappa shape index (κ3) is 4.37. The molecule has 26 heavy (non-hydrogen) atoms. The van der Waals surface area contributed by atoms with Gasteiger partial charge in [0, 0.05) is 23.5 Å². The van der Waals surface area contributed by atoms with Gasteiger partial charge in [-0.3, -0.25) is 4.72 Å². The number of benzene rings is 2. The Kier molecular flexibility index (Phi) is 5.53. The van der Waals surface area contributed by atoms with Crippen molar-refractivity contribution in [2.45, 2.75) is 38.6 Å². The molecule has 0 spiro atoms. The maximum Gasteiger partial charge on any atom is 0.236 e. The average Bonchev–Trinajstić information content (AvgIpc) is 2.58. The molecule has 1 aliphatic rings. The number of hydrogen-bond acceptors (Lipinski definition) is 4. The van der Waals surface area contributed by atoms with Gasteiger partial charge < -0.3 is 9.64 Å². The predicted molar refractivity (Wildman–Crippen MR) is 106 cm³/mol. The van der Waals surface area contributed by atoms with Gasteiger partial charge in [0.05, 0.1) is 19.0 Å². The lowest BCUT2D eigenvalue weighted by atomic mass is 10.1. The zero-order chi connectivity index (χ0) is 18.7. The number of ether oxygens (including phenoxy) is 1. The number of aryl methyl sites for hydroxylation is 1. The number of nitrogens with one attached hydrogen (secondary N) is 1. The molecule has 0 radical (unpaired) electrons. The fraction of sp³-hybridized carbons (Fsp3) is 0.400. The summed E-state index contributed by atoms with van der Waals surface area (Å²) in [6.45, 7) is 7.59. The molecule has 2 unspecified atom stereocenters. The third-order valence-electron chi connectivity index (χ3n) is 4.71. The second-order valence-corrected chi connectivity index (χ2v) is 8.70. The molecule has 2 aromatic rings. The molecular formula is C20H26N2O3S. The molecule has 1 saturated heterocycles. The molecule has 6 heteroatoms. The van der Waals surface area contributed by atoms with Crippen LogP contribution in [0.3, 0.4) is 0 Å².